The van der Waals surface area contributed by atoms with Crippen molar-refractivity contribution < 1.29 is 4.79 Å². The van der Waals surface area contributed by atoms with Gasteiger partial charge in [-0.05, 0) is 6.92 Å². The number of rotatable bonds is 3. The fourth-order valence-electron chi connectivity index (χ4n) is 1.40. The highest BCUT2D eigenvalue weighted by molar-refractivity contribution is 14.1. The maximum Gasteiger partial charge on any atom is 0.236 e. The van der Waals surface area contributed by atoms with Gasteiger partial charge in [-0.2, -0.15) is 0 Å². The average Bonchev–Trinajstić information content (AvgIpc) is 2.05. The van der Waals surface area contributed by atoms with E-state index in [4.69, 9.17) is 0 Å². The molecule has 0 radical (unpaired) electrons. The summed E-state index contributed by atoms with van der Waals surface area (Å²) in [6.45, 7) is 6.51. The number of alkyl halides is 1. The Hall–Kier alpha value is 0.160. The smallest absolute Gasteiger partial charge is 0.236 e. The lowest BCUT2D eigenvalue weighted by atomic mass is 10.3. The Balaban J connectivity index is 2.35. The SMILES string of the molecule is CCN1CCN(CCI)CC1=O. The molecule has 1 aliphatic rings. The lowest BCUT2D eigenvalue weighted by Crippen LogP contribution is -2.50. The van der Waals surface area contributed by atoms with E-state index in [9.17, 15) is 4.79 Å². The Labute approximate surface area is 87.2 Å². The first-order valence-electron chi connectivity index (χ1n) is 4.34. The van der Waals surface area contributed by atoms with Crippen molar-refractivity contribution >= 4 is 28.5 Å². The fraction of sp³-hybridized carbons (Fsp3) is 0.875. The summed E-state index contributed by atoms with van der Waals surface area (Å²) in [5.74, 6) is 0.286. The highest BCUT2D eigenvalue weighted by atomic mass is 127. The van der Waals surface area contributed by atoms with Gasteiger partial charge >= 0.3 is 0 Å². The van der Waals surface area contributed by atoms with Gasteiger partial charge in [0.15, 0.2) is 0 Å². The van der Waals surface area contributed by atoms with Gasteiger partial charge in [0, 0.05) is 30.6 Å². The molecule has 1 amide bonds. The molecule has 1 rings (SSSR count). The first kappa shape index (κ1) is 10.2. The Morgan fingerprint density at radius 1 is 1.50 bits per heavy atom. The lowest BCUT2D eigenvalue weighted by Gasteiger charge is -2.33. The Bertz CT molecular complexity index is 163. The van der Waals surface area contributed by atoms with Gasteiger partial charge in [0.05, 0.1) is 6.54 Å². The molecule has 0 unspecified atom stereocenters. The number of halogens is 1. The van der Waals surface area contributed by atoms with Crippen molar-refractivity contribution in [3.8, 4) is 0 Å². The minimum atomic E-state index is 0.286. The molecule has 0 bridgehead atoms. The van der Waals surface area contributed by atoms with Gasteiger partial charge in [-0.3, -0.25) is 9.69 Å². The average molecular weight is 282 g/mol. The van der Waals surface area contributed by atoms with Crippen LogP contribution < -0.4 is 0 Å². The molecule has 1 aliphatic heterocycles. The van der Waals surface area contributed by atoms with E-state index in [0.717, 1.165) is 30.6 Å². The largest absolute Gasteiger partial charge is 0.341 e. The Morgan fingerprint density at radius 2 is 2.25 bits per heavy atom. The quantitative estimate of drug-likeness (QED) is 0.558. The summed E-state index contributed by atoms with van der Waals surface area (Å²) in [6, 6.07) is 0. The third-order valence-electron chi connectivity index (χ3n) is 2.18. The summed E-state index contributed by atoms with van der Waals surface area (Å²) in [5.41, 5.74) is 0. The molecular formula is C8H15IN2O. The summed E-state index contributed by atoms with van der Waals surface area (Å²) in [4.78, 5) is 15.5. The molecule has 0 aromatic heterocycles. The number of nitrogens with zero attached hydrogens (tertiary/aromatic N) is 2. The van der Waals surface area contributed by atoms with E-state index in [0.29, 0.717) is 6.54 Å². The van der Waals surface area contributed by atoms with Crippen molar-refractivity contribution in [3.05, 3.63) is 0 Å². The van der Waals surface area contributed by atoms with Crippen LogP contribution in [0.1, 0.15) is 6.92 Å². The van der Waals surface area contributed by atoms with Crippen molar-refractivity contribution in [2.75, 3.05) is 37.2 Å². The molecule has 3 nitrogen and oxygen atoms in total. The van der Waals surface area contributed by atoms with Gasteiger partial charge in [0.25, 0.3) is 0 Å². The molecule has 1 fully saturated rings. The molecule has 1 saturated heterocycles. The van der Waals surface area contributed by atoms with E-state index in [1.54, 1.807) is 0 Å². The van der Waals surface area contributed by atoms with Crippen LogP contribution in [-0.4, -0.2) is 52.9 Å². The zero-order valence-corrected chi connectivity index (χ0v) is 9.58. The predicted octanol–water partition coefficient (Wildman–Crippen LogP) is 0.585. The zero-order valence-electron chi connectivity index (χ0n) is 7.42. The second-order valence-electron chi connectivity index (χ2n) is 2.94. The number of piperazine rings is 1. The minimum Gasteiger partial charge on any atom is -0.341 e. The molecule has 0 N–H and O–H groups in total. The maximum atomic E-state index is 11.4. The first-order chi connectivity index (χ1) is 5.77. The molecule has 0 aliphatic carbocycles. The molecule has 0 saturated carbocycles. The van der Waals surface area contributed by atoms with E-state index in [1.807, 2.05) is 11.8 Å². The standard InChI is InChI=1S/C8H15IN2O/c1-2-11-6-5-10(4-3-9)7-8(11)12/h2-7H2,1H3. The molecule has 4 heteroatoms. The van der Waals surface area contributed by atoms with E-state index < -0.39 is 0 Å². The van der Waals surface area contributed by atoms with Crippen LogP contribution in [0.4, 0.5) is 0 Å². The van der Waals surface area contributed by atoms with Crippen LogP contribution in [0.5, 0.6) is 0 Å². The van der Waals surface area contributed by atoms with E-state index >= 15 is 0 Å². The molecule has 0 aromatic rings. The topological polar surface area (TPSA) is 23.6 Å². The number of carbonyl (C=O) groups excluding carboxylic acids is 1. The van der Waals surface area contributed by atoms with Gasteiger partial charge in [-0.1, -0.05) is 22.6 Å². The summed E-state index contributed by atoms with van der Waals surface area (Å²) in [6.07, 6.45) is 0. The van der Waals surface area contributed by atoms with Crippen LogP contribution in [-0.2, 0) is 4.79 Å². The zero-order chi connectivity index (χ0) is 8.97. The van der Waals surface area contributed by atoms with Crippen molar-refractivity contribution in [2.45, 2.75) is 6.92 Å². The van der Waals surface area contributed by atoms with E-state index in [2.05, 4.69) is 27.5 Å². The number of amides is 1. The summed E-state index contributed by atoms with van der Waals surface area (Å²) < 4.78 is 1.11. The third-order valence-corrected chi connectivity index (χ3v) is 2.66. The van der Waals surface area contributed by atoms with E-state index in [1.165, 1.54) is 0 Å². The monoisotopic (exact) mass is 282 g/mol. The van der Waals surface area contributed by atoms with Crippen molar-refractivity contribution in [3.63, 3.8) is 0 Å². The Morgan fingerprint density at radius 3 is 2.75 bits per heavy atom. The molecule has 70 valence electrons. The molecular weight excluding hydrogens is 267 g/mol. The predicted molar refractivity (Wildman–Crippen MR) is 57.6 cm³/mol. The number of likely N-dealkylation sites (N-methyl/N-ethyl adjacent to an activating group) is 1. The summed E-state index contributed by atoms with van der Waals surface area (Å²) >= 11 is 2.34. The lowest BCUT2D eigenvalue weighted by molar-refractivity contribution is -0.135. The van der Waals surface area contributed by atoms with Crippen LogP contribution in [0.2, 0.25) is 0 Å². The second-order valence-corrected chi connectivity index (χ2v) is 4.02. The number of hydrogen-bond donors (Lipinski definition) is 0. The fourth-order valence-corrected chi connectivity index (χ4v) is 2.08. The molecule has 0 spiro atoms. The van der Waals surface area contributed by atoms with E-state index in [-0.39, 0.29) is 5.91 Å². The van der Waals surface area contributed by atoms with Gasteiger partial charge in [-0.15, -0.1) is 0 Å². The third kappa shape index (κ3) is 2.58. The van der Waals surface area contributed by atoms with Crippen molar-refractivity contribution in [1.82, 2.24) is 9.80 Å². The van der Waals surface area contributed by atoms with Crippen molar-refractivity contribution in [1.29, 1.82) is 0 Å². The number of hydrogen-bond acceptors (Lipinski definition) is 2. The first-order valence-corrected chi connectivity index (χ1v) is 5.86. The Kier molecular flexibility index (Phi) is 4.28. The molecule has 0 aromatic carbocycles. The summed E-state index contributed by atoms with van der Waals surface area (Å²) in [5, 5.41) is 0. The highest BCUT2D eigenvalue weighted by Gasteiger charge is 2.21. The van der Waals surface area contributed by atoms with Crippen molar-refractivity contribution in [2.24, 2.45) is 0 Å². The van der Waals surface area contributed by atoms with Gasteiger partial charge < -0.3 is 4.90 Å². The molecule has 1 heterocycles. The normalized spacial score (nSPS) is 20.2. The van der Waals surface area contributed by atoms with Crippen LogP contribution in [0.3, 0.4) is 0 Å². The van der Waals surface area contributed by atoms with Gasteiger partial charge in [-0.25, -0.2) is 0 Å². The highest BCUT2D eigenvalue weighted by Crippen LogP contribution is 2.02. The molecule has 12 heavy (non-hydrogen) atoms. The maximum absolute atomic E-state index is 11.4. The van der Waals surface area contributed by atoms with Crippen LogP contribution in [0.15, 0.2) is 0 Å². The van der Waals surface area contributed by atoms with Crippen LogP contribution in [0.25, 0.3) is 0 Å². The summed E-state index contributed by atoms with van der Waals surface area (Å²) in [7, 11) is 0. The minimum absolute atomic E-state index is 0.286. The van der Waals surface area contributed by atoms with Crippen LogP contribution in [0, 0.1) is 0 Å². The number of carbonyl (C=O) groups is 1. The second kappa shape index (κ2) is 5.01. The van der Waals surface area contributed by atoms with Gasteiger partial charge in [0.2, 0.25) is 5.91 Å². The van der Waals surface area contributed by atoms with Gasteiger partial charge in [0.1, 0.15) is 0 Å². The van der Waals surface area contributed by atoms with Crippen LogP contribution >= 0.6 is 22.6 Å². The molecule has 0 atom stereocenters.